The van der Waals surface area contributed by atoms with Crippen LogP contribution in [0.5, 0.6) is 5.75 Å². The number of hydrogen-bond donors (Lipinski definition) is 1. The van der Waals surface area contributed by atoms with E-state index < -0.39 is 0 Å². The van der Waals surface area contributed by atoms with Crippen LogP contribution < -0.4 is 4.74 Å². The highest BCUT2D eigenvalue weighted by Gasteiger charge is 2.09. The Kier molecular flexibility index (Phi) is 4.83. The summed E-state index contributed by atoms with van der Waals surface area (Å²) in [7, 11) is 1.67. The van der Waals surface area contributed by atoms with Gasteiger partial charge in [0.05, 0.1) is 7.11 Å². The summed E-state index contributed by atoms with van der Waals surface area (Å²) in [5.74, 6) is 1.51. The Hall–Kier alpha value is -1.51. The van der Waals surface area contributed by atoms with Gasteiger partial charge in [-0.2, -0.15) is 0 Å². The molecule has 0 heterocycles. The second-order valence-corrected chi connectivity index (χ2v) is 3.61. The molecular weight excluding hydrogens is 200 g/mol. The number of nitrogens with zero attached hydrogens (tertiary/aromatic N) is 1. The molecule has 0 unspecified atom stereocenters. The van der Waals surface area contributed by atoms with E-state index in [0.29, 0.717) is 12.3 Å². The standard InChI is InChI=1S/C13H20N2O/c1-4-15(5-2)13(14)10-11-8-6-7-9-12(11)16-3/h6-9,14H,4-5,10H2,1-3H3. The van der Waals surface area contributed by atoms with Gasteiger partial charge in [-0.15, -0.1) is 0 Å². The molecule has 0 amide bonds. The van der Waals surface area contributed by atoms with Crippen LogP contribution in [-0.4, -0.2) is 30.9 Å². The number of benzene rings is 1. The number of rotatable bonds is 5. The highest BCUT2D eigenvalue weighted by Crippen LogP contribution is 2.18. The fourth-order valence-corrected chi connectivity index (χ4v) is 1.75. The van der Waals surface area contributed by atoms with Gasteiger partial charge in [-0.05, 0) is 19.9 Å². The molecule has 0 aliphatic rings. The lowest BCUT2D eigenvalue weighted by molar-refractivity contribution is 0.409. The molecular formula is C13H20N2O. The minimum Gasteiger partial charge on any atom is -0.496 e. The van der Waals surface area contributed by atoms with Gasteiger partial charge < -0.3 is 9.64 Å². The van der Waals surface area contributed by atoms with Crippen LogP contribution in [0.4, 0.5) is 0 Å². The lowest BCUT2D eigenvalue weighted by atomic mass is 10.1. The molecule has 3 heteroatoms. The zero-order chi connectivity index (χ0) is 12.0. The highest BCUT2D eigenvalue weighted by atomic mass is 16.5. The molecule has 1 aromatic rings. The van der Waals surface area contributed by atoms with Gasteiger partial charge in [0.2, 0.25) is 0 Å². The first-order valence-corrected chi connectivity index (χ1v) is 5.67. The predicted molar refractivity (Wildman–Crippen MR) is 67.3 cm³/mol. The van der Waals surface area contributed by atoms with E-state index in [4.69, 9.17) is 10.1 Å². The van der Waals surface area contributed by atoms with Crippen molar-refractivity contribution in [3.63, 3.8) is 0 Å². The van der Waals surface area contributed by atoms with Crippen molar-refractivity contribution >= 4 is 5.84 Å². The normalized spacial score (nSPS) is 9.94. The molecule has 16 heavy (non-hydrogen) atoms. The zero-order valence-electron chi connectivity index (χ0n) is 10.3. The monoisotopic (exact) mass is 220 g/mol. The van der Waals surface area contributed by atoms with Crippen LogP contribution in [0, 0.1) is 5.41 Å². The largest absolute Gasteiger partial charge is 0.496 e. The van der Waals surface area contributed by atoms with E-state index in [9.17, 15) is 0 Å². The maximum atomic E-state index is 8.03. The van der Waals surface area contributed by atoms with Gasteiger partial charge >= 0.3 is 0 Å². The number of ether oxygens (including phenoxy) is 1. The summed E-state index contributed by atoms with van der Waals surface area (Å²) in [6.07, 6.45) is 0.631. The van der Waals surface area contributed by atoms with Crippen molar-refractivity contribution in [1.29, 1.82) is 5.41 Å². The fourth-order valence-electron chi connectivity index (χ4n) is 1.75. The maximum absolute atomic E-state index is 8.03. The second-order valence-electron chi connectivity index (χ2n) is 3.61. The highest BCUT2D eigenvalue weighted by molar-refractivity contribution is 5.82. The van der Waals surface area contributed by atoms with Crippen molar-refractivity contribution in [2.24, 2.45) is 0 Å². The number of hydrogen-bond acceptors (Lipinski definition) is 2. The Bertz CT molecular complexity index is 346. The summed E-state index contributed by atoms with van der Waals surface area (Å²) in [5.41, 5.74) is 1.07. The van der Waals surface area contributed by atoms with Crippen molar-refractivity contribution in [2.45, 2.75) is 20.3 Å². The Morgan fingerprint density at radius 2 is 1.88 bits per heavy atom. The van der Waals surface area contributed by atoms with Crippen LogP contribution in [0.25, 0.3) is 0 Å². The molecule has 0 bridgehead atoms. The average molecular weight is 220 g/mol. The Morgan fingerprint density at radius 1 is 1.25 bits per heavy atom. The molecule has 88 valence electrons. The minimum absolute atomic E-state index is 0.631. The molecule has 0 spiro atoms. The van der Waals surface area contributed by atoms with E-state index in [2.05, 4.69) is 13.8 Å². The van der Waals surface area contributed by atoms with E-state index in [-0.39, 0.29) is 0 Å². The number of nitrogens with one attached hydrogen (secondary N) is 1. The fraction of sp³-hybridized carbons (Fsp3) is 0.462. The first-order chi connectivity index (χ1) is 7.72. The van der Waals surface area contributed by atoms with Gasteiger partial charge in [0.25, 0.3) is 0 Å². The van der Waals surface area contributed by atoms with E-state index >= 15 is 0 Å². The van der Waals surface area contributed by atoms with Gasteiger partial charge in [0, 0.05) is 25.1 Å². The van der Waals surface area contributed by atoms with E-state index in [1.165, 1.54) is 0 Å². The van der Waals surface area contributed by atoms with Gasteiger partial charge in [0.15, 0.2) is 0 Å². The first-order valence-electron chi connectivity index (χ1n) is 5.67. The molecule has 3 nitrogen and oxygen atoms in total. The van der Waals surface area contributed by atoms with Gasteiger partial charge in [0.1, 0.15) is 11.6 Å². The van der Waals surface area contributed by atoms with Gasteiger partial charge in [-0.25, -0.2) is 0 Å². The first kappa shape index (κ1) is 12.6. The summed E-state index contributed by atoms with van der Waals surface area (Å²) in [4.78, 5) is 2.05. The second kappa shape index (κ2) is 6.16. The minimum atomic E-state index is 0.631. The third-order valence-electron chi connectivity index (χ3n) is 2.70. The van der Waals surface area contributed by atoms with Crippen LogP contribution in [0.2, 0.25) is 0 Å². The van der Waals surface area contributed by atoms with Crippen molar-refractivity contribution in [2.75, 3.05) is 20.2 Å². The summed E-state index contributed by atoms with van der Waals surface area (Å²) in [6.45, 7) is 5.90. The molecule has 1 rings (SSSR count). The summed E-state index contributed by atoms with van der Waals surface area (Å²) in [6, 6.07) is 7.87. The van der Waals surface area contributed by atoms with Gasteiger partial charge in [-0.3, -0.25) is 5.41 Å². The number of amidine groups is 1. The quantitative estimate of drug-likeness (QED) is 0.611. The molecule has 0 saturated carbocycles. The van der Waals surface area contributed by atoms with Crippen molar-refractivity contribution in [3.8, 4) is 5.75 Å². The number of likely N-dealkylation sites (N-methyl/N-ethyl adjacent to an activating group) is 1. The molecule has 0 radical (unpaired) electrons. The molecule has 0 atom stereocenters. The lowest BCUT2D eigenvalue weighted by Crippen LogP contribution is -2.31. The topological polar surface area (TPSA) is 36.3 Å². The smallest absolute Gasteiger partial charge is 0.122 e. The predicted octanol–water partition coefficient (Wildman–Crippen LogP) is 2.56. The van der Waals surface area contributed by atoms with Crippen molar-refractivity contribution in [3.05, 3.63) is 29.8 Å². The van der Waals surface area contributed by atoms with E-state index in [0.717, 1.165) is 24.4 Å². The zero-order valence-corrected chi connectivity index (χ0v) is 10.3. The van der Waals surface area contributed by atoms with Crippen LogP contribution in [-0.2, 0) is 6.42 Å². The molecule has 1 aromatic carbocycles. The molecule has 0 fully saturated rings. The van der Waals surface area contributed by atoms with E-state index in [1.54, 1.807) is 7.11 Å². The van der Waals surface area contributed by atoms with Gasteiger partial charge in [-0.1, -0.05) is 18.2 Å². The summed E-state index contributed by atoms with van der Waals surface area (Å²) in [5, 5.41) is 8.03. The Morgan fingerprint density at radius 3 is 2.44 bits per heavy atom. The molecule has 1 N–H and O–H groups in total. The lowest BCUT2D eigenvalue weighted by Gasteiger charge is -2.22. The average Bonchev–Trinajstić information content (AvgIpc) is 2.31. The summed E-state index contributed by atoms with van der Waals surface area (Å²) < 4.78 is 5.28. The maximum Gasteiger partial charge on any atom is 0.122 e. The molecule has 0 saturated heterocycles. The van der Waals surface area contributed by atoms with Crippen LogP contribution in [0.15, 0.2) is 24.3 Å². The SMILES string of the molecule is CCN(CC)C(=N)Cc1ccccc1OC. The Labute approximate surface area is 97.5 Å². The van der Waals surface area contributed by atoms with Crippen LogP contribution in [0.1, 0.15) is 19.4 Å². The Balaban J connectivity index is 2.76. The van der Waals surface area contributed by atoms with E-state index in [1.807, 2.05) is 29.2 Å². The van der Waals surface area contributed by atoms with Crippen molar-refractivity contribution in [1.82, 2.24) is 4.90 Å². The molecule has 0 aromatic heterocycles. The third-order valence-corrected chi connectivity index (χ3v) is 2.70. The van der Waals surface area contributed by atoms with Crippen LogP contribution in [0.3, 0.4) is 0 Å². The number of para-hydroxylation sites is 1. The summed E-state index contributed by atoms with van der Waals surface area (Å²) >= 11 is 0. The number of methoxy groups -OCH3 is 1. The molecule has 0 aliphatic carbocycles. The third kappa shape index (κ3) is 2.99. The van der Waals surface area contributed by atoms with Crippen LogP contribution >= 0.6 is 0 Å². The molecule has 0 aliphatic heterocycles. The van der Waals surface area contributed by atoms with Crippen molar-refractivity contribution < 1.29 is 4.74 Å².